The number of allylic oxidation sites excluding steroid dienone is 1. The minimum Gasteiger partial charge on any atom is -0.294 e. The van der Waals surface area contributed by atoms with Gasteiger partial charge in [-0.05, 0) is 18.6 Å². The highest BCUT2D eigenvalue weighted by Crippen LogP contribution is 2.40. The van der Waals surface area contributed by atoms with Crippen LogP contribution in [0.2, 0.25) is 0 Å². The van der Waals surface area contributed by atoms with Crippen LogP contribution >= 0.6 is 0 Å². The van der Waals surface area contributed by atoms with Gasteiger partial charge in [-0.1, -0.05) is 6.07 Å². The molecule has 1 N–H and O–H groups in total. The summed E-state index contributed by atoms with van der Waals surface area (Å²) in [6, 6.07) is 7.74. The van der Waals surface area contributed by atoms with E-state index >= 15 is 0 Å². The number of benzene rings is 1. The summed E-state index contributed by atoms with van der Waals surface area (Å²) in [6.07, 6.45) is 8.65. The van der Waals surface area contributed by atoms with E-state index in [1.165, 1.54) is 10.6 Å². The molecule has 21 heavy (non-hydrogen) atoms. The number of nitriles is 1. The Morgan fingerprint density at radius 2 is 2.19 bits per heavy atom. The maximum atomic E-state index is 12.3. The lowest BCUT2D eigenvalue weighted by Crippen LogP contribution is -3.16. The highest BCUT2D eigenvalue weighted by Gasteiger charge is 2.51. The SMILES string of the molecule is N#Cc1ccc2c(c1)C(=O)CCC21CCCC2=CN=C[NH+]21. The zero-order valence-corrected chi connectivity index (χ0v) is 11.7. The third-order valence-corrected chi connectivity index (χ3v) is 5.09. The van der Waals surface area contributed by atoms with Gasteiger partial charge in [-0.3, -0.25) is 9.69 Å². The molecule has 1 aromatic rings. The number of ketones is 1. The van der Waals surface area contributed by atoms with E-state index in [9.17, 15) is 4.79 Å². The van der Waals surface area contributed by atoms with Crippen LogP contribution in [0.15, 0.2) is 35.1 Å². The standard InChI is InChI=1S/C17H15N3O/c18-9-12-3-4-15-14(8-12)16(21)5-7-17(15)6-1-2-13-10-19-11-20(13)17/h3-4,8,10-11H,1-2,5-7H2/p+1. The number of hydrogen-bond donors (Lipinski definition) is 1. The van der Waals surface area contributed by atoms with Crippen molar-refractivity contribution in [1.82, 2.24) is 0 Å². The molecule has 4 heteroatoms. The van der Waals surface area contributed by atoms with Crippen LogP contribution in [0.1, 0.15) is 53.6 Å². The van der Waals surface area contributed by atoms with E-state index in [1.54, 1.807) is 6.07 Å². The molecule has 0 saturated carbocycles. The third kappa shape index (κ3) is 1.64. The number of Topliss-reactive ketones (excluding diaryl/α,β-unsaturated/α-hetero) is 1. The van der Waals surface area contributed by atoms with Gasteiger partial charge in [-0.25, -0.2) is 4.99 Å². The summed E-state index contributed by atoms with van der Waals surface area (Å²) in [5, 5.41) is 9.08. The Bertz CT molecular complexity index is 741. The first-order chi connectivity index (χ1) is 10.2. The van der Waals surface area contributed by atoms with Crippen LogP contribution in [0.25, 0.3) is 0 Å². The number of nitrogens with zero attached hydrogens (tertiary/aromatic N) is 2. The van der Waals surface area contributed by atoms with Gasteiger partial charge >= 0.3 is 0 Å². The molecule has 4 rings (SSSR count). The lowest BCUT2D eigenvalue weighted by atomic mass is 9.70. The van der Waals surface area contributed by atoms with E-state index in [0.29, 0.717) is 12.0 Å². The Kier molecular flexibility index (Phi) is 2.60. The second-order valence-corrected chi connectivity index (χ2v) is 6.08. The second-order valence-electron chi connectivity index (χ2n) is 6.08. The molecule has 3 aliphatic rings. The van der Waals surface area contributed by atoms with Gasteiger partial charge < -0.3 is 0 Å². The summed E-state index contributed by atoms with van der Waals surface area (Å²) in [5.41, 5.74) is 3.67. The van der Waals surface area contributed by atoms with Crippen LogP contribution in [0.4, 0.5) is 0 Å². The number of carbonyl (C=O) groups is 1. The van der Waals surface area contributed by atoms with Crippen molar-refractivity contribution in [2.75, 3.05) is 0 Å². The summed E-state index contributed by atoms with van der Waals surface area (Å²) < 4.78 is 0. The molecular weight excluding hydrogens is 262 g/mol. The van der Waals surface area contributed by atoms with Crippen molar-refractivity contribution in [2.45, 2.75) is 37.6 Å². The average Bonchev–Trinajstić information content (AvgIpc) is 3.01. The molecule has 2 atom stereocenters. The molecule has 0 radical (unpaired) electrons. The summed E-state index contributed by atoms with van der Waals surface area (Å²) in [4.78, 5) is 17.9. The van der Waals surface area contributed by atoms with Crippen molar-refractivity contribution in [1.29, 1.82) is 5.26 Å². The van der Waals surface area contributed by atoms with Gasteiger partial charge in [0.2, 0.25) is 0 Å². The number of carbonyl (C=O) groups excluding carboxylic acids is 1. The van der Waals surface area contributed by atoms with Crippen LogP contribution in [-0.2, 0) is 5.54 Å². The molecule has 0 amide bonds. The predicted molar refractivity (Wildman–Crippen MR) is 77.8 cm³/mol. The fourth-order valence-electron chi connectivity index (χ4n) is 4.10. The monoisotopic (exact) mass is 278 g/mol. The normalized spacial score (nSPS) is 29.8. The van der Waals surface area contributed by atoms with Gasteiger partial charge in [-0.15, -0.1) is 0 Å². The predicted octanol–water partition coefficient (Wildman–Crippen LogP) is 1.68. The number of hydrogen-bond acceptors (Lipinski definition) is 3. The van der Waals surface area contributed by atoms with E-state index < -0.39 is 0 Å². The van der Waals surface area contributed by atoms with Gasteiger partial charge in [0.15, 0.2) is 12.1 Å². The number of aliphatic imine (C=N–C) groups is 1. The largest absolute Gasteiger partial charge is 0.294 e. The van der Waals surface area contributed by atoms with Crippen molar-refractivity contribution in [3.05, 3.63) is 46.8 Å². The Morgan fingerprint density at radius 1 is 1.29 bits per heavy atom. The summed E-state index contributed by atoms with van der Waals surface area (Å²) in [5.74, 6) is 0.166. The van der Waals surface area contributed by atoms with Crippen LogP contribution in [0.5, 0.6) is 0 Å². The van der Waals surface area contributed by atoms with E-state index in [0.717, 1.165) is 36.8 Å². The molecule has 0 aromatic heterocycles. The number of quaternary nitrogens is 1. The summed E-state index contributed by atoms with van der Waals surface area (Å²) in [6.45, 7) is 0. The molecule has 1 spiro atoms. The van der Waals surface area contributed by atoms with Crippen LogP contribution < -0.4 is 4.90 Å². The molecule has 2 unspecified atom stereocenters. The molecular formula is C17H16N3O+. The Balaban J connectivity index is 1.91. The fraction of sp³-hybridized carbons (Fsp3) is 0.353. The highest BCUT2D eigenvalue weighted by atomic mass is 16.1. The lowest BCUT2D eigenvalue weighted by molar-refractivity contribution is -0.836. The Morgan fingerprint density at radius 3 is 3.05 bits per heavy atom. The highest BCUT2D eigenvalue weighted by molar-refractivity contribution is 5.99. The molecule has 1 aromatic carbocycles. The second kappa shape index (κ2) is 4.37. The van der Waals surface area contributed by atoms with E-state index in [1.807, 2.05) is 24.7 Å². The zero-order valence-electron chi connectivity index (χ0n) is 11.7. The van der Waals surface area contributed by atoms with E-state index in [2.05, 4.69) is 11.1 Å². The number of piperidine rings is 1. The zero-order chi connectivity index (χ0) is 14.4. The molecule has 1 saturated heterocycles. The minimum absolute atomic E-state index is 0.0681. The topological polar surface area (TPSA) is 57.7 Å². The first kappa shape index (κ1) is 12.5. The van der Waals surface area contributed by atoms with Crippen LogP contribution in [0, 0.1) is 11.3 Å². The number of nitrogens with one attached hydrogen (secondary N) is 1. The fourth-order valence-corrected chi connectivity index (χ4v) is 4.10. The van der Waals surface area contributed by atoms with Crippen molar-refractivity contribution >= 4 is 12.1 Å². The van der Waals surface area contributed by atoms with E-state index in [-0.39, 0.29) is 11.3 Å². The molecule has 1 fully saturated rings. The smallest absolute Gasteiger partial charge is 0.194 e. The van der Waals surface area contributed by atoms with Crippen LogP contribution in [0.3, 0.4) is 0 Å². The minimum atomic E-state index is -0.0681. The Hall–Kier alpha value is -2.25. The van der Waals surface area contributed by atoms with Gasteiger partial charge in [0.25, 0.3) is 0 Å². The van der Waals surface area contributed by atoms with Gasteiger partial charge in [-0.2, -0.15) is 5.26 Å². The summed E-state index contributed by atoms with van der Waals surface area (Å²) in [7, 11) is 0. The first-order valence-corrected chi connectivity index (χ1v) is 7.42. The first-order valence-electron chi connectivity index (χ1n) is 7.42. The number of fused-ring (bicyclic) bond motifs is 4. The molecule has 2 aliphatic heterocycles. The average molecular weight is 278 g/mol. The maximum Gasteiger partial charge on any atom is 0.194 e. The van der Waals surface area contributed by atoms with Gasteiger partial charge in [0, 0.05) is 36.8 Å². The molecule has 4 nitrogen and oxygen atoms in total. The molecule has 104 valence electrons. The van der Waals surface area contributed by atoms with Gasteiger partial charge in [0.1, 0.15) is 11.2 Å². The van der Waals surface area contributed by atoms with Gasteiger partial charge in [0.05, 0.1) is 17.8 Å². The van der Waals surface area contributed by atoms with Crippen molar-refractivity contribution in [3.63, 3.8) is 0 Å². The quantitative estimate of drug-likeness (QED) is 0.785. The maximum absolute atomic E-state index is 12.3. The van der Waals surface area contributed by atoms with E-state index in [4.69, 9.17) is 5.26 Å². The van der Waals surface area contributed by atoms with Crippen LogP contribution in [-0.4, -0.2) is 12.1 Å². The molecule has 0 bridgehead atoms. The summed E-state index contributed by atoms with van der Waals surface area (Å²) >= 11 is 0. The lowest BCUT2D eigenvalue weighted by Gasteiger charge is -2.44. The molecule has 1 aliphatic carbocycles. The van der Waals surface area contributed by atoms with Crippen molar-refractivity contribution < 1.29 is 9.69 Å². The molecule has 2 heterocycles. The Labute approximate surface area is 123 Å². The number of rotatable bonds is 0. The third-order valence-electron chi connectivity index (χ3n) is 5.09. The van der Waals surface area contributed by atoms with Crippen molar-refractivity contribution in [2.24, 2.45) is 4.99 Å². The van der Waals surface area contributed by atoms with Crippen molar-refractivity contribution in [3.8, 4) is 6.07 Å².